The van der Waals surface area contributed by atoms with Crippen LogP contribution in [0.1, 0.15) is 12.5 Å². The second-order valence-electron chi connectivity index (χ2n) is 6.69. The van der Waals surface area contributed by atoms with Crippen molar-refractivity contribution in [3.05, 3.63) is 60.6 Å². The lowest BCUT2D eigenvalue weighted by atomic mass is 10.1. The smallest absolute Gasteiger partial charge is 0.225 e. The lowest BCUT2D eigenvalue weighted by molar-refractivity contribution is 0.370. The van der Waals surface area contributed by atoms with E-state index in [1.165, 1.54) is 0 Å². The van der Waals surface area contributed by atoms with Gasteiger partial charge >= 0.3 is 0 Å². The molecule has 3 heterocycles. The first kappa shape index (κ1) is 21.2. The summed E-state index contributed by atoms with van der Waals surface area (Å²) in [5, 5.41) is 4.58. The molecule has 0 spiro atoms. The highest BCUT2D eigenvalue weighted by molar-refractivity contribution is 14.0. The summed E-state index contributed by atoms with van der Waals surface area (Å²) in [6.45, 7) is 7.08. The molecule has 0 bridgehead atoms. The average molecular weight is 503 g/mol. The second kappa shape index (κ2) is 10.3. The number of rotatable bonds is 4. The van der Waals surface area contributed by atoms with Crippen LogP contribution in [0.5, 0.6) is 0 Å². The number of anilines is 1. The third kappa shape index (κ3) is 5.11. The summed E-state index contributed by atoms with van der Waals surface area (Å²) in [4.78, 5) is 22.7. The fourth-order valence-electron chi connectivity index (χ4n) is 3.45. The normalized spacial score (nSPS) is 14.6. The largest absolute Gasteiger partial charge is 0.357 e. The van der Waals surface area contributed by atoms with Crippen LogP contribution in [0.25, 0.3) is 10.9 Å². The first-order valence-corrected chi connectivity index (χ1v) is 9.73. The van der Waals surface area contributed by atoms with E-state index >= 15 is 0 Å². The van der Waals surface area contributed by atoms with Gasteiger partial charge in [0.25, 0.3) is 0 Å². The molecule has 152 valence electrons. The number of hydrogen-bond acceptors (Lipinski definition) is 5. The minimum atomic E-state index is 0. The molecule has 29 heavy (non-hydrogen) atoms. The van der Waals surface area contributed by atoms with Crippen LogP contribution in [0, 0.1) is 0 Å². The number of hydrogen-bond donors (Lipinski definition) is 1. The van der Waals surface area contributed by atoms with Crippen molar-refractivity contribution < 1.29 is 0 Å². The van der Waals surface area contributed by atoms with Crippen LogP contribution in [0.2, 0.25) is 0 Å². The standard InChI is InChI=1S/C21H25N7.HI/c1-2-22-20(26-16-18-7-3-6-17-8-4-9-23-19(17)18)27-12-14-28(15-13-27)21-24-10-5-11-25-21;/h3-11H,2,12-16H2,1H3,(H,22,26);1H. The molecule has 0 radical (unpaired) electrons. The minimum Gasteiger partial charge on any atom is -0.357 e. The fraction of sp³-hybridized carbons (Fsp3) is 0.333. The highest BCUT2D eigenvalue weighted by Gasteiger charge is 2.21. The van der Waals surface area contributed by atoms with E-state index in [-0.39, 0.29) is 24.0 Å². The summed E-state index contributed by atoms with van der Waals surface area (Å²) in [5.41, 5.74) is 2.17. The number of nitrogens with one attached hydrogen (secondary N) is 1. The molecule has 0 amide bonds. The van der Waals surface area contributed by atoms with Gasteiger partial charge in [-0.15, -0.1) is 24.0 Å². The third-order valence-corrected chi connectivity index (χ3v) is 4.86. The lowest BCUT2D eigenvalue weighted by Crippen LogP contribution is -2.52. The van der Waals surface area contributed by atoms with E-state index in [0.717, 1.165) is 61.1 Å². The summed E-state index contributed by atoms with van der Waals surface area (Å²) in [6.07, 6.45) is 5.42. The van der Waals surface area contributed by atoms with Gasteiger partial charge in [-0.2, -0.15) is 0 Å². The van der Waals surface area contributed by atoms with Crippen molar-refractivity contribution in [1.29, 1.82) is 0 Å². The van der Waals surface area contributed by atoms with Gasteiger partial charge in [-0.05, 0) is 24.6 Å². The molecule has 4 rings (SSSR count). The summed E-state index contributed by atoms with van der Waals surface area (Å²) in [5.74, 6) is 1.75. The Morgan fingerprint density at radius 2 is 1.69 bits per heavy atom. The SMILES string of the molecule is CCNC(=NCc1cccc2cccnc12)N1CCN(c2ncccn2)CC1.I. The molecule has 3 aromatic rings. The van der Waals surface area contributed by atoms with Crippen molar-refractivity contribution in [2.24, 2.45) is 4.99 Å². The summed E-state index contributed by atoms with van der Waals surface area (Å²) in [7, 11) is 0. The number of aromatic nitrogens is 3. The van der Waals surface area contributed by atoms with Gasteiger partial charge in [-0.1, -0.05) is 24.3 Å². The zero-order valence-corrected chi connectivity index (χ0v) is 18.9. The van der Waals surface area contributed by atoms with Crippen LogP contribution in [0.15, 0.2) is 60.0 Å². The van der Waals surface area contributed by atoms with Gasteiger partial charge in [0.1, 0.15) is 0 Å². The van der Waals surface area contributed by atoms with Crippen molar-refractivity contribution in [3.63, 3.8) is 0 Å². The van der Waals surface area contributed by atoms with Crippen molar-refractivity contribution in [2.75, 3.05) is 37.6 Å². The molecule has 0 atom stereocenters. The van der Waals surface area contributed by atoms with Crippen LogP contribution in [-0.4, -0.2) is 58.5 Å². The molecule has 0 aliphatic carbocycles. The average Bonchev–Trinajstić information content (AvgIpc) is 2.77. The molecule has 7 nitrogen and oxygen atoms in total. The summed E-state index contributed by atoms with van der Waals surface area (Å²) < 4.78 is 0. The topological polar surface area (TPSA) is 69.5 Å². The molecule has 0 unspecified atom stereocenters. The van der Waals surface area contributed by atoms with Crippen LogP contribution in [-0.2, 0) is 6.54 Å². The molecule has 1 fully saturated rings. The monoisotopic (exact) mass is 503 g/mol. The molecule has 1 aliphatic rings. The number of para-hydroxylation sites is 1. The predicted octanol–water partition coefficient (Wildman–Crippen LogP) is 2.93. The van der Waals surface area contributed by atoms with Gasteiger partial charge in [0, 0.05) is 56.7 Å². The molecule has 1 N–H and O–H groups in total. The Morgan fingerprint density at radius 1 is 0.966 bits per heavy atom. The van der Waals surface area contributed by atoms with Crippen LogP contribution in [0.3, 0.4) is 0 Å². The highest BCUT2D eigenvalue weighted by Crippen LogP contribution is 2.17. The lowest BCUT2D eigenvalue weighted by Gasteiger charge is -2.36. The molecular weight excluding hydrogens is 477 g/mol. The van der Waals surface area contributed by atoms with E-state index in [2.05, 4.69) is 61.3 Å². The maximum Gasteiger partial charge on any atom is 0.225 e. The molecule has 1 aliphatic heterocycles. The number of benzene rings is 1. The number of fused-ring (bicyclic) bond motifs is 1. The number of guanidine groups is 1. The van der Waals surface area contributed by atoms with Gasteiger partial charge < -0.3 is 15.1 Å². The van der Waals surface area contributed by atoms with Crippen molar-refractivity contribution in [1.82, 2.24) is 25.2 Å². The first-order valence-electron chi connectivity index (χ1n) is 9.73. The number of piperazine rings is 1. The Balaban J connectivity index is 0.00000240. The van der Waals surface area contributed by atoms with Gasteiger partial charge in [0.2, 0.25) is 5.95 Å². The maximum atomic E-state index is 4.90. The van der Waals surface area contributed by atoms with Gasteiger partial charge in [-0.3, -0.25) is 4.98 Å². The van der Waals surface area contributed by atoms with Gasteiger partial charge in [0.05, 0.1) is 12.1 Å². The van der Waals surface area contributed by atoms with Gasteiger partial charge in [-0.25, -0.2) is 15.0 Å². The van der Waals surface area contributed by atoms with Crippen molar-refractivity contribution >= 4 is 46.8 Å². The Morgan fingerprint density at radius 3 is 2.45 bits per heavy atom. The summed E-state index contributed by atoms with van der Waals surface area (Å²) in [6, 6.07) is 12.2. The maximum absolute atomic E-state index is 4.90. The Bertz CT molecular complexity index is 935. The van der Waals surface area contributed by atoms with Crippen LogP contribution in [0.4, 0.5) is 5.95 Å². The van der Waals surface area contributed by atoms with Crippen LogP contribution < -0.4 is 10.2 Å². The van der Waals surface area contributed by atoms with Crippen molar-refractivity contribution in [3.8, 4) is 0 Å². The summed E-state index contributed by atoms with van der Waals surface area (Å²) >= 11 is 0. The van der Waals surface area contributed by atoms with E-state index in [1.54, 1.807) is 12.4 Å². The quantitative estimate of drug-likeness (QED) is 0.336. The number of nitrogens with zero attached hydrogens (tertiary/aromatic N) is 6. The van der Waals surface area contributed by atoms with Crippen LogP contribution >= 0.6 is 24.0 Å². The third-order valence-electron chi connectivity index (χ3n) is 4.86. The molecule has 0 saturated carbocycles. The zero-order chi connectivity index (χ0) is 19.2. The Kier molecular flexibility index (Phi) is 7.56. The van der Waals surface area contributed by atoms with E-state index in [1.807, 2.05) is 18.3 Å². The fourth-order valence-corrected chi connectivity index (χ4v) is 3.45. The molecule has 1 aromatic carbocycles. The Labute approximate surface area is 188 Å². The van der Waals surface area contributed by atoms with E-state index in [0.29, 0.717) is 6.54 Å². The van der Waals surface area contributed by atoms with Gasteiger partial charge in [0.15, 0.2) is 5.96 Å². The Hall–Kier alpha value is -2.49. The van der Waals surface area contributed by atoms with Crippen molar-refractivity contribution in [2.45, 2.75) is 13.5 Å². The number of aliphatic imine (C=N–C) groups is 1. The van der Waals surface area contributed by atoms with E-state index in [9.17, 15) is 0 Å². The first-order chi connectivity index (χ1) is 13.8. The molecular formula is C21H26IN7. The van der Waals surface area contributed by atoms with E-state index < -0.39 is 0 Å². The number of pyridine rings is 1. The van der Waals surface area contributed by atoms with E-state index in [4.69, 9.17) is 4.99 Å². The second-order valence-corrected chi connectivity index (χ2v) is 6.69. The molecule has 1 saturated heterocycles. The highest BCUT2D eigenvalue weighted by atomic mass is 127. The number of halogens is 1. The zero-order valence-electron chi connectivity index (χ0n) is 16.5. The molecule has 2 aromatic heterocycles. The predicted molar refractivity (Wildman–Crippen MR) is 128 cm³/mol. The molecule has 8 heteroatoms. The minimum absolute atomic E-state index is 0.